The van der Waals surface area contributed by atoms with Crippen molar-refractivity contribution in [3.63, 3.8) is 0 Å². The molecule has 2 aromatic carbocycles. The van der Waals surface area contributed by atoms with E-state index in [1.807, 2.05) is 13.0 Å². The fraction of sp³-hybridized carbons (Fsp3) is 0.143. The summed E-state index contributed by atoms with van der Waals surface area (Å²) in [6, 6.07) is 12.4. The van der Waals surface area contributed by atoms with Crippen LogP contribution in [0.25, 0.3) is 0 Å². The van der Waals surface area contributed by atoms with E-state index in [1.165, 1.54) is 0 Å². The monoisotopic (exact) mass is 308 g/mol. The maximum atomic E-state index is 12.3. The van der Waals surface area contributed by atoms with Gasteiger partial charge in [0.25, 0.3) is 0 Å². The van der Waals surface area contributed by atoms with Crippen molar-refractivity contribution in [1.29, 1.82) is 0 Å². The Morgan fingerprint density at radius 1 is 1.10 bits per heavy atom. The smallest absolute Gasteiger partial charge is 0.244 e. The molecule has 2 N–H and O–H groups in total. The largest absolute Gasteiger partial charge is 0.364 e. The highest BCUT2D eigenvalue weighted by Gasteiger charge is 2.29. The molecule has 2 aromatic rings. The second-order valence-electron chi connectivity index (χ2n) is 4.75. The molecule has 1 unspecified atom stereocenters. The minimum Gasteiger partial charge on any atom is -0.364 e. The normalized spacial score (nSPS) is 20.0. The van der Waals surface area contributed by atoms with E-state index in [0.29, 0.717) is 10.7 Å². The van der Waals surface area contributed by atoms with Crippen LogP contribution in [0.4, 0.5) is 5.69 Å². The average Bonchev–Trinajstić information content (AvgIpc) is 2.40. The van der Waals surface area contributed by atoms with Crippen molar-refractivity contribution in [2.75, 3.05) is 5.32 Å². The molecular formula is C14H13ClN2O2S. The van der Waals surface area contributed by atoms with Gasteiger partial charge in [0.2, 0.25) is 10.0 Å². The van der Waals surface area contributed by atoms with Crippen LogP contribution in [0.5, 0.6) is 0 Å². The topological polar surface area (TPSA) is 58.2 Å². The summed E-state index contributed by atoms with van der Waals surface area (Å²) in [6.07, 6.45) is -0.493. The SMILES string of the molecule is Cc1ccc2c(c1)S(=O)(=O)NC(c1ccc(Cl)cc1)N2. The highest BCUT2D eigenvalue weighted by molar-refractivity contribution is 7.89. The molecule has 0 bridgehead atoms. The lowest BCUT2D eigenvalue weighted by Crippen LogP contribution is -2.38. The van der Waals surface area contributed by atoms with Crippen molar-refractivity contribution < 1.29 is 8.42 Å². The van der Waals surface area contributed by atoms with E-state index in [9.17, 15) is 8.42 Å². The molecule has 1 aliphatic heterocycles. The molecule has 0 spiro atoms. The second-order valence-corrected chi connectivity index (χ2v) is 6.87. The van der Waals surface area contributed by atoms with Gasteiger partial charge in [0.05, 0.1) is 5.69 Å². The lowest BCUT2D eigenvalue weighted by atomic mass is 10.1. The van der Waals surface area contributed by atoms with Crippen molar-refractivity contribution >= 4 is 27.3 Å². The molecule has 6 heteroatoms. The number of hydrogen-bond donors (Lipinski definition) is 2. The molecule has 4 nitrogen and oxygen atoms in total. The van der Waals surface area contributed by atoms with E-state index >= 15 is 0 Å². The van der Waals surface area contributed by atoms with Gasteiger partial charge in [-0.2, -0.15) is 4.72 Å². The summed E-state index contributed by atoms with van der Waals surface area (Å²) in [4.78, 5) is 0.280. The predicted octanol–water partition coefficient (Wildman–Crippen LogP) is 3.05. The molecule has 0 aliphatic carbocycles. The predicted molar refractivity (Wildman–Crippen MR) is 79.3 cm³/mol. The summed E-state index contributed by atoms with van der Waals surface area (Å²) in [5.41, 5.74) is 2.32. The first-order chi connectivity index (χ1) is 9.45. The van der Waals surface area contributed by atoms with Crippen LogP contribution in [0.1, 0.15) is 17.3 Å². The van der Waals surface area contributed by atoms with Gasteiger partial charge >= 0.3 is 0 Å². The van der Waals surface area contributed by atoms with Gasteiger partial charge in [-0.1, -0.05) is 29.8 Å². The summed E-state index contributed by atoms with van der Waals surface area (Å²) < 4.78 is 27.2. The summed E-state index contributed by atoms with van der Waals surface area (Å²) in [5, 5.41) is 3.80. The second kappa shape index (κ2) is 4.77. The molecule has 0 aromatic heterocycles. The van der Waals surface area contributed by atoms with Gasteiger partial charge in [-0.15, -0.1) is 0 Å². The van der Waals surface area contributed by atoms with Crippen LogP contribution in [0.3, 0.4) is 0 Å². The van der Waals surface area contributed by atoms with Crippen LogP contribution < -0.4 is 10.0 Å². The molecule has 0 saturated heterocycles. The third-order valence-corrected chi connectivity index (χ3v) is 4.92. The zero-order valence-corrected chi connectivity index (χ0v) is 12.3. The quantitative estimate of drug-likeness (QED) is 0.851. The molecule has 20 heavy (non-hydrogen) atoms. The molecule has 0 amide bonds. The highest BCUT2D eigenvalue weighted by Crippen LogP contribution is 2.31. The maximum absolute atomic E-state index is 12.3. The van der Waals surface area contributed by atoms with Gasteiger partial charge in [0.1, 0.15) is 11.1 Å². The molecule has 1 aliphatic rings. The molecule has 0 saturated carbocycles. The zero-order valence-electron chi connectivity index (χ0n) is 10.7. The molecule has 1 heterocycles. The van der Waals surface area contributed by atoms with Gasteiger partial charge < -0.3 is 5.32 Å². The summed E-state index contributed by atoms with van der Waals surface area (Å²) >= 11 is 5.85. The van der Waals surface area contributed by atoms with Crippen LogP contribution in [0.2, 0.25) is 5.02 Å². The van der Waals surface area contributed by atoms with Crippen LogP contribution in [-0.4, -0.2) is 8.42 Å². The molecule has 1 atom stereocenters. The minimum atomic E-state index is -3.52. The Kier molecular flexibility index (Phi) is 3.20. The van der Waals surface area contributed by atoms with Gasteiger partial charge in [-0.3, -0.25) is 0 Å². The molecule has 3 rings (SSSR count). The number of hydrogen-bond acceptors (Lipinski definition) is 3. The van der Waals surface area contributed by atoms with Crippen LogP contribution in [0, 0.1) is 6.92 Å². The number of anilines is 1. The number of nitrogens with one attached hydrogen (secondary N) is 2. The first kappa shape index (κ1) is 13.4. The number of fused-ring (bicyclic) bond motifs is 1. The third kappa shape index (κ3) is 2.40. The van der Waals surface area contributed by atoms with Gasteiger partial charge in [-0.25, -0.2) is 8.42 Å². The fourth-order valence-electron chi connectivity index (χ4n) is 2.18. The summed E-state index contributed by atoms with van der Waals surface area (Å²) in [5.74, 6) is 0. The lowest BCUT2D eigenvalue weighted by Gasteiger charge is -2.28. The lowest BCUT2D eigenvalue weighted by molar-refractivity contribution is 0.562. The van der Waals surface area contributed by atoms with Crippen molar-refractivity contribution in [3.05, 3.63) is 58.6 Å². The third-order valence-electron chi connectivity index (χ3n) is 3.20. The first-order valence-corrected chi connectivity index (χ1v) is 7.97. The van der Waals surface area contributed by atoms with Crippen LogP contribution in [0.15, 0.2) is 47.4 Å². The summed E-state index contributed by atoms with van der Waals surface area (Å²) in [6.45, 7) is 1.86. The van der Waals surface area contributed by atoms with Gasteiger partial charge in [0.15, 0.2) is 0 Å². The molecule has 0 radical (unpaired) electrons. The van der Waals surface area contributed by atoms with E-state index < -0.39 is 16.2 Å². The van der Waals surface area contributed by atoms with Gasteiger partial charge in [0, 0.05) is 5.02 Å². The number of halogens is 1. The first-order valence-electron chi connectivity index (χ1n) is 6.11. The zero-order chi connectivity index (χ0) is 14.3. The van der Waals surface area contributed by atoms with Crippen LogP contribution in [-0.2, 0) is 10.0 Å². The van der Waals surface area contributed by atoms with E-state index in [-0.39, 0.29) is 4.90 Å². The van der Waals surface area contributed by atoms with E-state index in [2.05, 4.69) is 10.0 Å². The Hall–Kier alpha value is -1.56. The number of rotatable bonds is 1. The molecule has 0 fully saturated rings. The Labute approximate surface area is 122 Å². The van der Waals surface area contributed by atoms with Crippen molar-refractivity contribution in [2.24, 2.45) is 0 Å². The minimum absolute atomic E-state index is 0.280. The average molecular weight is 309 g/mol. The number of aryl methyl sites for hydroxylation is 1. The van der Waals surface area contributed by atoms with Gasteiger partial charge in [-0.05, 0) is 42.3 Å². The van der Waals surface area contributed by atoms with Crippen LogP contribution >= 0.6 is 11.6 Å². The van der Waals surface area contributed by atoms with Crippen molar-refractivity contribution in [1.82, 2.24) is 4.72 Å². The van der Waals surface area contributed by atoms with E-state index in [4.69, 9.17) is 11.6 Å². The maximum Gasteiger partial charge on any atom is 0.244 e. The Bertz CT molecular complexity index is 757. The Morgan fingerprint density at radius 2 is 1.80 bits per heavy atom. The fourth-order valence-corrected chi connectivity index (χ4v) is 3.70. The molecular weight excluding hydrogens is 296 g/mol. The molecule has 104 valence electrons. The van der Waals surface area contributed by atoms with E-state index in [0.717, 1.165) is 11.1 Å². The highest BCUT2D eigenvalue weighted by atomic mass is 35.5. The summed E-state index contributed by atoms with van der Waals surface area (Å²) in [7, 11) is -3.52. The van der Waals surface area contributed by atoms with E-state index in [1.54, 1.807) is 36.4 Å². The van der Waals surface area contributed by atoms with Crippen molar-refractivity contribution in [2.45, 2.75) is 18.0 Å². The number of benzene rings is 2. The number of sulfonamides is 1. The Morgan fingerprint density at radius 3 is 2.50 bits per heavy atom. The standard InChI is InChI=1S/C14H13ClN2O2S/c1-9-2-7-12-13(8-9)20(18,19)17-14(16-12)10-3-5-11(15)6-4-10/h2-8,14,16-17H,1H3. The Balaban J connectivity index is 2.04. The van der Waals surface area contributed by atoms with Crippen molar-refractivity contribution in [3.8, 4) is 0 Å².